The van der Waals surface area contributed by atoms with Gasteiger partial charge in [-0.05, 0) is 30.5 Å². The van der Waals surface area contributed by atoms with Gasteiger partial charge in [-0.15, -0.1) is 0 Å². The van der Waals surface area contributed by atoms with Crippen LogP contribution >= 0.6 is 0 Å². The Morgan fingerprint density at radius 2 is 2.19 bits per heavy atom. The zero-order valence-electron chi connectivity index (χ0n) is 10.3. The van der Waals surface area contributed by atoms with Crippen LogP contribution in [0, 0.1) is 0 Å². The normalized spacial score (nSPS) is 14.4. The van der Waals surface area contributed by atoms with Crippen LogP contribution in [-0.2, 0) is 16.1 Å². The lowest BCUT2D eigenvalue weighted by Crippen LogP contribution is -2.29. The van der Waals surface area contributed by atoms with Crippen molar-refractivity contribution in [3.8, 4) is 0 Å². The van der Waals surface area contributed by atoms with E-state index < -0.39 is 5.79 Å². The van der Waals surface area contributed by atoms with E-state index in [4.69, 9.17) is 9.47 Å². The van der Waals surface area contributed by atoms with E-state index >= 15 is 0 Å². The lowest BCUT2D eigenvalue weighted by Gasteiger charge is -2.26. The highest BCUT2D eigenvalue weighted by molar-refractivity contribution is 5.47. The quantitative estimate of drug-likeness (QED) is 0.682. The third-order valence-corrected chi connectivity index (χ3v) is 2.80. The molecule has 0 N–H and O–H groups in total. The smallest absolute Gasteiger partial charge is 0.165 e. The molecule has 0 saturated heterocycles. The van der Waals surface area contributed by atoms with Crippen LogP contribution in [0.2, 0.25) is 0 Å². The Balaban J connectivity index is 2.63. The van der Waals surface area contributed by atoms with Crippen molar-refractivity contribution in [2.75, 3.05) is 7.11 Å². The van der Waals surface area contributed by atoms with Crippen LogP contribution in [0.15, 0.2) is 30.8 Å². The van der Waals surface area contributed by atoms with Crippen LogP contribution in [0.1, 0.15) is 31.4 Å². The summed E-state index contributed by atoms with van der Waals surface area (Å²) in [6, 6.07) is 8.13. The van der Waals surface area contributed by atoms with Crippen molar-refractivity contribution in [1.82, 2.24) is 0 Å². The molecule has 0 bridgehead atoms. The molecular weight excluding hydrogens is 200 g/mol. The van der Waals surface area contributed by atoms with Crippen LogP contribution in [0.25, 0.3) is 6.08 Å². The lowest BCUT2D eigenvalue weighted by molar-refractivity contribution is -0.218. The first-order valence-electron chi connectivity index (χ1n) is 5.54. The monoisotopic (exact) mass is 220 g/mol. The topological polar surface area (TPSA) is 18.5 Å². The van der Waals surface area contributed by atoms with Gasteiger partial charge in [0.1, 0.15) is 0 Å². The van der Waals surface area contributed by atoms with E-state index in [1.165, 1.54) is 0 Å². The Hall–Kier alpha value is -1.12. The first kappa shape index (κ1) is 12.9. The highest BCUT2D eigenvalue weighted by atomic mass is 16.7. The summed E-state index contributed by atoms with van der Waals surface area (Å²) < 4.78 is 11.1. The Morgan fingerprint density at radius 3 is 2.75 bits per heavy atom. The van der Waals surface area contributed by atoms with Gasteiger partial charge in [0.2, 0.25) is 0 Å². The first-order chi connectivity index (χ1) is 7.63. The molecule has 0 saturated carbocycles. The maximum absolute atomic E-state index is 5.76. The molecule has 0 aliphatic heterocycles. The molecule has 16 heavy (non-hydrogen) atoms. The van der Waals surface area contributed by atoms with Gasteiger partial charge in [0, 0.05) is 7.11 Å². The fraction of sp³-hybridized carbons (Fsp3) is 0.429. The molecular formula is C14H20O2. The molecule has 0 spiro atoms. The van der Waals surface area contributed by atoms with Crippen LogP contribution in [0.3, 0.4) is 0 Å². The number of methoxy groups -OCH3 is 1. The third kappa shape index (κ3) is 3.47. The van der Waals surface area contributed by atoms with Gasteiger partial charge in [-0.1, -0.05) is 37.8 Å². The van der Waals surface area contributed by atoms with E-state index in [1.54, 1.807) is 7.11 Å². The standard InChI is InChI=1S/C14H20O2/c1-5-12-8-7-9-13(10-12)11-16-14(3,6-2)15-4/h5,7-10H,1,6,11H2,2-4H3. The minimum Gasteiger partial charge on any atom is -0.353 e. The predicted octanol–water partition coefficient (Wildman–Crippen LogP) is 3.62. The van der Waals surface area contributed by atoms with E-state index in [2.05, 4.69) is 12.6 Å². The van der Waals surface area contributed by atoms with E-state index in [1.807, 2.05) is 38.1 Å². The predicted molar refractivity (Wildman–Crippen MR) is 67.0 cm³/mol. The van der Waals surface area contributed by atoms with Crippen molar-refractivity contribution in [3.63, 3.8) is 0 Å². The van der Waals surface area contributed by atoms with Crippen LogP contribution in [0.5, 0.6) is 0 Å². The highest BCUT2D eigenvalue weighted by Crippen LogP contribution is 2.18. The summed E-state index contributed by atoms with van der Waals surface area (Å²) in [7, 11) is 1.67. The highest BCUT2D eigenvalue weighted by Gasteiger charge is 2.21. The molecule has 0 heterocycles. The number of hydrogen-bond donors (Lipinski definition) is 0. The summed E-state index contributed by atoms with van der Waals surface area (Å²) in [5.41, 5.74) is 2.24. The first-order valence-corrected chi connectivity index (χ1v) is 5.54. The second-order valence-electron chi connectivity index (χ2n) is 3.93. The summed E-state index contributed by atoms with van der Waals surface area (Å²) >= 11 is 0. The lowest BCUT2D eigenvalue weighted by atomic mass is 10.1. The van der Waals surface area contributed by atoms with Crippen LogP contribution in [-0.4, -0.2) is 12.9 Å². The molecule has 0 aliphatic rings. The molecule has 88 valence electrons. The second-order valence-corrected chi connectivity index (χ2v) is 3.93. The fourth-order valence-corrected chi connectivity index (χ4v) is 1.35. The fourth-order valence-electron chi connectivity index (χ4n) is 1.35. The number of rotatable bonds is 6. The van der Waals surface area contributed by atoms with Gasteiger partial charge >= 0.3 is 0 Å². The summed E-state index contributed by atoms with van der Waals surface area (Å²) in [5, 5.41) is 0. The average Bonchev–Trinajstić information content (AvgIpc) is 2.36. The Bertz CT molecular complexity index is 340. The van der Waals surface area contributed by atoms with E-state index in [0.717, 1.165) is 17.5 Å². The zero-order chi connectivity index (χ0) is 12.0. The molecule has 1 aromatic carbocycles. The third-order valence-electron chi connectivity index (χ3n) is 2.80. The molecule has 0 aromatic heterocycles. The molecule has 0 amide bonds. The maximum Gasteiger partial charge on any atom is 0.165 e. The van der Waals surface area contributed by atoms with Crippen molar-refractivity contribution in [3.05, 3.63) is 42.0 Å². The van der Waals surface area contributed by atoms with Gasteiger partial charge in [0.25, 0.3) is 0 Å². The van der Waals surface area contributed by atoms with E-state index in [0.29, 0.717) is 6.61 Å². The van der Waals surface area contributed by atoms with Gasteiger partial charge < -0.3 is 9.47 Å². The number of ether oxygens (including phenoxy) is 2. The Labute approximate surface area is 97.9 Å². The minimum absolute atomic E-state index is 0.496. The Morgan fingerprint density at radius 1 is 1.44 bits per heavy atom. The summed E-state index contributed by atoms with van der Waals surface area (Å²) in [5.74, 6) is -0.496. The van der Waals surface area contributed by atoms with Crippen molar-refractivity contribution >= 4 is 6.08 Å². The van der Waals surface area contributed by atoms with Gasteiger partial charge in [0.15, 0.2) is 5.79 Å². The van der Waals surface area contributed by atoms with E-state index in [9.17, 15) is 0 Å². The molecule has 1 unspecified atom stereocenters. The molecule has 0 radical (unpaired) electrons. The van der Waals surface area contributed by atoms with Crippen LogP contribution < -0.4 is 0 Å². The number of hydrogen-bond acceptors (Lipinski definition) is 2. The molecule has 1 aromatic rings. The minimum atomic E-state index is -0.496. The van der Waals surface area contributed by atoms with Gasteiger partial charge in [-0.25, -0.2) is 0 Å². The van der Waals surface area contributed by atoms with Gasteiger partial charge in [0.05, 0.1) is 6.61 Å². The zero-order valence-corrected chi connectivity index (χ0v) is 10.3. The Kier molecular flexibility index (Phi) is 4.71. The molecule has 1 rings (SSSR count). The molecule has 2 nitrogen and oxygen atoms in total. The molecule has 0 aliphatic carbocycles. The summed E-state index contributed by atoms with van der Waals surface area (Å²) in [6.45, 7) is 8.30. The van der Waals surface area contributed by atoms with Gasteiger partial charge in [-0.2, -0.15) is 0 Å². The van der Waals surface area contributed by atoms with Crippen LogP contribution in [0.4, 0.5) is 0 Å². The average molecular weight is 220 g/mol. The van der Waals surface area contributed by atoms with Gasteiger partial charge in [-0.3, -0.25) is 0 Å². The second kappa shape index (κ2) is 5.83. The summed E-state index contributed by atoms with van der Waals surface area (Å²) in [6.07, 6.45) is 2.66. The molecule has 1 atom stereocenters. The summed E-state index contributed by atoms with van der Waals surface area (Å²) in [4.78, 5) is 0. The maximum atomic E-state index is 5.76. The SMILES string of the molecule is C=Cc1cccc(COC(C)(CC)OC)c1. The molecule has 0 fully saturated rings. The van der Waals surface area contributed by atoms with Crippen molar-refractivity contribution in [2.45, 2.75) is 32.7 Å². The molecule has 2 heteroatoms. The van der Waals surface area contributed by atoms with Crippen molar-refractivity contribution in [2.24, 2.45) is 0 Å². The van der Waals surface area contributed by atoms with Crippen molar-refractivity contribution in [1.29, 1.82) is 0 Å². The number of benzene rings is 1. The largest absolute Gasteiger partial charge is 0.353 e. The van der Waals surface area contributed by atoms with Crippen molar-refractivity contribution < 1.29 is 9.47 Å². The van der Waals surface area contributed by atoms with E-state index in [-0.39, 0.29) is 0 Å².